The van der Waals surface area contributed by atoms with Crippen molar-refractivity contribution in [1.82, 2.24) is 20.1 Å². The molecule has 100 valence electrons. The van der Waals surface area contributed by atoms with Gasteiger partial charge in [-0.2, -0.15) is 5.10 Å². The first-order chi connectivity index (χ1) is 9.10. The van der Waals surface area contributed by atoms with Gasteiger partial charge in [0.05, 0.1) is 16.4 Å². The maximum atomic E-state index is 12.8. The van der Waals surface area contributed by atoms with Gasteiger partial charge < -0.3 is 5.32 Å². The second-order valence-electron chi connectivity index (χ2n) is 3.84. The molecule has 0 aliphatic carbocycles. The number of nitrogens with zero attached hydrogens (tertiary/aromatic N) is 3. The summed E-state index contributed by atoms with van der Waals surface area (Å²) in [5, 5.41) is 6.95. The average Bonchev–Trinajstić information content (AvgIpc) is 2.71. The van der Waals surface area contributed by atoms with E-state index in [1.54, 1.807) is 12.3 Å². The minimum Gasteiger partial charge on any atom is -0.355 e. The number of carbonyl (C=O) groups excluding carboxylic acids is 1. The standard InChI is InChI=1S/C12H12BrFN4O/c1-2-15-11(19)7-18-6-9(13)12(17-18)10-4-3-8(14)5-16-10/h3-6H,2,7H2,1H3,(H,15,19). The molecule has 2 aromatic rings. The third-order valence-electron chi connectivity index (χ3n) is 2.37. The van der Waals surface area contributed by atoms with Crippen molar-refractivity contribution in [2.45, 2.75) is 13.5 Å². The normalized spacial score (nSPS) is 10.5. The zero-order valence-electron chi connectivity index (χ0n) is 10.2. The van der Waals surface area contributed by atoms with Crippen LogP contribution >= 0.6 is 15.9 Å². The van der Waals surface area contributed by atoms with Crippen LogP contribution in [-0.2, 0) is 11.3 Å². The van der Waals surface area contributed by atoms with E-state index in [9.17, 15) is 9.18 Å². The highest BCUT2D eigenvalue weighted by atomic mass is 79.9. The summed E-state index contributed by atoms with van der Waals surface area (Å²) in [7, 11) is 0. The summed E-state index contributed by atoms with van der Waals surface area (Å²) >= 11 is 3.35. The lowest BCUT2D eigenvalue weighted by atomic mass is 10.3. The Bertz CT molecular complexity index is 582. The van der Waals surface area contributed by atoms with E-state index in [0.717, 1.165) is 6.20 Å². The quantitative estimate of drug-likeness (QED) is 0.934. The Morgan fingerprint density at radius 2 is 2.32 bits per heavy atom. The second-order valence-corrected chi connectivity index (χ2v) is 4.69. The van der Waals surface area contributed by atoms with E-state index in [4.69, 9.17) is 0 Å². The van der Waals surface area contributed by atoms with Gasteiger partial charge in [-0.3, -0.25) is 14.5 Å². The summed E-state index contributed by atoms with van der Waals surface area (Å²) < 4.78 is 15.0. The lowest BCUT2D eigenvalue weighted by Gasteiger charge is -2.01. The fraction of sp³-hybridized carbons (Fsp3) is 0.250. The van der Waals surface area contributed by atoms with Crippen molar-refractivity contribution in [3.8, 4) is 11.4 Å². The van der Waals surface area contributed by atoms with Crippen LogP contribution in [0.25, 0.3) is 11.4 Å². The van der Waals surface area contributed by atoms with Gasteiger partial charge in [0, 0.05) is 12.7 Å². The molecule has 0 unspecified atom stereocenters. The molecular weight excluding hydrogens is 315 g/mol. The van der Waals surface area contributed by atoms with Gasteiger partial charge in [0.1, 0.15) is 18.1 Å². The molecule has 0 saturated heterocycles. The Hall–Kier alpha value is -1.76. The highest BCUT2D eigenvalue weighted by molar-refractivity contribution is 9.10. The maximum absolute atomic E-state index is 12.8. The smallest absolute Gasteiger partial charge is 0.241 e. The van der Waals surface area contributed by atoms with Crippen LogP contribution in [0.4, 0.5) is 4.39 Å². The van der Waals surface area contributed by atoms with Gasteiger partial charge in [-0.1, -0.05) is 0 Å². The summed E-state index contributed by atoms with van der Waals surface area (Å²) in [6, 6.07) is 2.86. The van der Waals surface area contributed by atoms with Crippen LogP contribution in [0, 0.1) is 5.82 Å². The monoisotopic (exact) mass is 326 g/mol. The summed E-state index contributed by atoms with van der Waals surface area (Å²) in [6.07, 6.45) is 2.82. The number of likely N-dealkylation sites (N-methyl/N-ethyl adjacent to an activating group) is 1. The van der Waals surface area contributed by atoms with Crippen molar-refractivity contribution in [2.75, 3.05) is 6.54 Å². The van der Waals surface area contributed by atoms with Crippen molar-refractivity contribution in [1.29, 1.82) is 0 Å². The van der Waals surface area contributed by atoms with Crippen LogP contribution < -0.4 is 5.32 Å². The predicted molar refractivity (Wildman–Crippen MR) is 71.8 cm³/mol. The van der Waals surface area contributed by atoms with Crippen molar-refractivity contribution in [2.24, 2.45) is 0 Å². The molecule has 0 aromatic carbocycles. The van der Waals surface area contributed by atoms with E-state index < -0.39 is 5.82 Å². The lowest BCUT2D eigenvalue weighted by Crippen LogP contribution is -2.27. The topological polar surface area (TPSA) is 59.8 Å². The van der Waals surface area contributed by atoms with Gasteiger partial charge >= 0.3 is 0 Å². The fourth-order valence-electron chi connectivity index (χ4n) is 1.57. The second kappa shape index (κ2) is 5.92. The molecule has 0 atom stereocenters. The zero-order valence-corrected chi connectivity index (χ0v) is 11.8. The van der Waals surface area contributed by atoms with E-state index in [2.05, 4.69) is 31.3 Å². The van der Waals surface area contributed by atoms with Gasteiger partial charge in [0.25, 0.3) is 0 Å². The van der Waals surface area contributed by atoms with Crippen LogP contribution in [0.2, 0.25) is 0 Å². The van der Waals surface area contributed by atoms with E-state index in [1.165, 1.54) is 10.7 Å². The van der Waals surface area contributed by atoms with Gasteiger partial charge in [0.15, 0.2) is 0 Å². The van der Waals surface area contributed by atoms with Gasteiger partial charge in [-0.15, -0.1) is 0 Å². The highest BCUT2D eigenvalue weighted by Gasteiger charge is 2.12. The van der Waals surface area contributed by atoms with Crippen LogP contribution in [0.1, 0.15) is 6.92 Å². The predicted octanol–water partition coefficient (Wildman–Crippen LogP) is 1.98. The minimum absolute atomic E-state index is 0.115. The number of rotatable bonds is 4. The van der Waals surface area contributed by atoms with Gasteiger partial charge in [0.2, 0.25) is 5.91 Å². The van der Waals surface area contributed by atoms with Crippen molar-refractivity contribution in [3.05, 3.63) is 34.8 Å². The average molecular weight is 327 g/mol. The molecule has 0 aliphatic heterocycles. The van der Waals surface area contributed by atoms with Crippen LogP contribution in [-0.4, -0.2) is 27.2 Å². The molecule has 1 N–H and O–H groups in total. The SMILES string of the molecule is CCNC(=O)Cn1cc(Br)c(-c2ccc(F)cn2)n1. The molecule has 0 spiro atoms. The number of nitrogens with one attached hydrogen (secondary N) is 1. The van der Waals surface area contributed by atoms with Crippen LogP contribution in [0.5, 0.6) is 0 Å². The summed E-state index contributed by atoms with van der Waals surface area (Å²) in [6.45, 7) is 2.56. The Balaban J connectivity index is 2.21. The third-order valence-corrected chi connectivity index (χ3v) is 2.95. The zero-order chi connectivity index (χ0) is 13.8. The van der Waals surface area contributed by atoms with E-state index in [0.29, 0.717) is 22.4 Å². The van der Waals surface area contributed by atoms with E-state index >= 15 is 0 Å². The number of hydrogen-bond donors (Lipinski definition) is 1. The molecule has 19 heavy (non-hydrogen) atoms. The van der Waals surface area contributed by atoms with Crippen molar-refractivity contribution < 1.29 is 9.18 Å². The fourth-order valence-corrected chi connectivity index (χ4v) is 2.09. The molecule has 5 nitrogen and oxygen atoms in total. The lowest BCUT2D eigenvalue weighted by molar-refractivity contribution is -0.121. The number of pyridine rings is 1. The van der Waals surface area contributed by atoms with Crippen molar-refractivity contribution in [3.63, 3.8) is 0 Å². The highest BCUT2D eigenvalue weighted by Crippen LogP contribution is 2.24. The minimum atomic E-state index is -0.401. The maximum Gasteiger partial charge on any atom is 0.241 e. The Morgan fingerprint density at radius 1 is 1.53 bits per heavy atom. The van der Waals surface area contributed by atoms with E-state index in [-0.39, 0.29) is 12.5 Å². The molecule has 7 heteroatoms. The molecule has 0 radical (unpaired) electrons. The molecule has 2 rings (SSSR count). The number of amides is 1. The number of carbonyl (C=O) groups is 1. The Kier molecular flexibility index (Phi) is 4.26. The summed E-state index contributed by atoms with van der Waals surface area (Å²) in [4.78, 5) is 15.4. The largest absolute Gasteiger partial charge is 0.355 e. The molecule has 0 fully saturated rings. The third kappa shape index (κ3) is 3.37. The first-order valence-corrected chi connectivity index (χ1v) is 6.51. The van der Waals surface area contributed by atoms with Crippen LogP contribution in [0.3, 0.4) is 0 Å². The molecule has 0 aliphatic rings. The first-order valence-electron chi connectivity index (χ1n) is 5.71. The molecule has 2 aromatic heterocycles. The Labute approximate surface area is 118 Å². The van der Waals surface area contributed by atoms with Crippen LogP contribution in [0.15, 0.2) is 29.0 Å². The number of hydrogen-bond acceptors (Lipinski definition) is 3. The molecular formula is C12H12BrFN4O. The van der Waals surface area contributed by atoms with E-state index in [1.807, 2.05) is 6.92 Å². The van der Waals surface area contributed by atoms with Gasteiger partial charge in [-0.25, -0.2) is 4.39 Å². The summed E-state index contributed by atoms with van der Waals surface area (Å²) in [5.41, 5.74) is 1.12. The molecule has 0 saturated carbocycles. The summed E-state index contributed by atoms with van der Waals surface area (Å²) in [5.74, 6) is -0.516. The first kappa shape index (κ1) is 13.7. The number of halogens is 2. The Morgan fingerprint density at radius 3 is 2.95 bits per heavy atom. The van der Waals surface area contributed by atoms with Gasteiger partial charge in [-0.05, 0) is 35.0 Å². The molecule has 1 amide bonds. The molecule has 2 heterocycles. The molecule has 0 bridgehead atoms. The van der Waals surface area contributed by atoms with Crippen molar-refractivity contribution >= 4 is 21.8 Å². The number of aromatic nitrogens is 3.